The van der Waals surface area contributed by atoms with Crippen molar-refractivity contribution in [3.8, 4) is 0 Å². The third-order valence-corrected chi connectivity index (χ3v) is 2.28. The van der Waals surface area contributed by atoms with Gasteiger partial charge in [0.2, 0.25) is 5.91 Å². The molecule has 3 N–H and O–H groups in total. The summed E-state index contributed by atoms with van der Waals surface area (Å²) in [5.74, 6) is -0.294. The zero-order valence-electron chi connectivity index (χ0n) is 9.45. The van der Waals surface area contributed by atoms with Gasteiger partial charge in [-0.2, -0.15) is 0 Å². The molecule has 5 nitrogen and oxygen atoms in total. The molecule has 5 heteroatoms. The Balaban J connectivity index is 2.49. The molecule has 84 valence electrons. The molecule has 1 rings (SSSR count). The van der Waals surface area contributed by atoms with Gasteiger partial charge in [-0.1, -0.05) is 0 Å². The number of rotatable bonds is 5. The van der Waals surface area contributed by atoms with Gasteiger partial charge in [-0.3, -0.25) is 4.79 Å². The summed E-state index contributed by atoms with van der Waals surface area (Å²) in [7, 11) is 1.94. The topological polar surface area (TPSA) is 72.9 Å². The highest BCUT2D eigenvalue weighted by Crippen LogP contribution is 2.09. The summed E-state index contributed by atoms with van der Waals surface area (Å²) in [6.45, 7) is 4.58. The van der Waals surface area contributed by atoms with Crippen molar-refractivity contribution < 1.29 is 4.79 Å². The van der Waals surface area contributed by atoms with Crippen LogP contribution in [0.25, 0.3) is 0 Å². The molecule has 0 aliphatic rings. The largest absolute Gasteiger partial charge is 0.370 e. The van der Waals surface area contributed by atoms with Gasteiger partial charge in [0.25, 0.3) is 0 Å². The van der Waals surface area contributed by atoms with E-state index in [-0.39, 0.29) is 11.4 Å². The lowest BCUT2D eigenvalue weighted by Gasteiger charge is -2.24. The molecule has 1 aromatic heterocycles. The average Bonchev–Trinajstić information content (AvgIpc) is 2.45. The number of amides is 1. The first kappa shape index (κ1) is 11.7. The van der Waals surface area contributed by atoms with Gasteiger partial charge in [0.1, 0.15) is 0 Å². The quantitative estimate of drug-likeness (QED) is 0.727. The van der Waals surface area contributed by atoms with Gasteiger partial charge in [-0.25, -0.2) is 4.98 Å². The van der Waals surface area contributed by atoms with Crippen LogP contribution in [0.2, 0.25) is 0 Å². The Kier molecular flexibility index (Phi) is 3.47. The van der Waals surface area contributed by atoms with Crippen LogP contribution in [0.4, 0.5) is 0 Å². The molecule has 0 atom stereocenters. The second-order valence-corrected chi connectivity index (χ2v) is 4.38. The molecule has 1 amide bonds. The van der Waals surface area contributed by atoms with E-state index in [0.717, 1.165) is 5.69 Å². The average molecular weight is 210 g/mol. The van der Waals surface area contributed by atoms with Crippen molar-refractivity contribution in [2.75, 3.05) is 0 Å². The van der Waals surface area contributed by atoms with E-state index in [9.17, 15) is 4.79 Å². The predicted molar refractivity (Wildman–Crippen MR) is 57.9 cm³/mol. The van der Waals surface area contributed by atoms with Gasteiger partial charge in [0.15, 0.2) is 0 Å². The molecule has 0 saturated heterocycles. The van der Waals surface area contributed by atoms with Crippen molar-refractivity contribution >= 4 is 5.91 Å². The smallest absolute Gasteiger partial charge is 0.219 e. The molecular weight excluding hydrogens is 192 g/mol. The monoisotopic (exact) mass is 210 g/mol. The fourth-order valence-electron chi connectivity index (χ4n) is 1.38. The molecular formula is C10H18N4O. The van der Waals surface area contributed by atoms with Crippen LogP contribution in [0, 0.1) is 0 Å². The second kappa shape index (κ2) is 4.44. The van der Waals surface area contributed by atoms with Crippen LogP contribution in [0.3, 0.4) is 0 Å². The number of carbonyl (C=O) groups is 1. The van der Waals surface area contributed by atoms with E-state index < -0.39 is 0 Å². The fourth-order valence-corrected chi connectivity index (χ4v) is 1.38. The van der Waals surface area contributed by atoms with Crippen LogP contribution in [0.1, 0.15) is 26.0 Å². The van der Waals surface area contributed by atoms with Crippen LogP contribution in [0.5, 0.6) is 0 Å². The summed E-state index contributed by atoms with van der Waals surface area (Å²) in [4.78, 5) is 14.8. The maximum absolute atomic E-state index is 10.8. The van der Waals surface area contributed by atoms with E-state index in [1.54, 1.807) is 12.5 Å². The standard InChI is InChI=1S/C10H18N4O/c1-10(2,4-9(11)15)13-6-8-5-12-7-14(8)3/h5,7,13H,4,6H2,1-3H3,(H2,11,15). The number of imidazole rings is 1. The minimum absolute atomic E-state index is 0.282. The van der Waals surface area contributed by atoms with Gasteiger partial charge in [0, 0.05) is 31.7 Å². The van der Waals surface area contributed by atoms with Crippen LogP contribution in [-0.4, -0.2) is 21.0 Å². The maximum Gasteiger partial charge on any atom is 0.219 e. The van der Waals surface area contributed by atoms with Crippen LogP contribution in [0.15, 0.2) is 12.5 Å². The van der Waals surface area contributed by atoms with Gasteiger partial charge < -0.3 is 15.6 Å². The first-order chi connectivity index (χ1) is 6.91. The molecule has 0 bridgehead atoms. The number of hydrogen-bond donors (Lipinski definition) is 2. The molecule has 0 spiro atoms. The van der Waals surface area contributed by atoms with E-state index in [2.05, 4.69) is 10.3 Å². The van der Waals surface area contributed by atoms with E-state index >= 15 is 0 Å². The highest BCUT2D eigenvalue weighted by atomic mass is 16.1. The molecule has 0 aromatic carbocycles. The molecule has 0 fully saturated rings. The summed E-state index contributed by atoms with van der Waals surface area (Å²) in [5, 5.41) is 3.27. The van der Waals surface area contributed by atoms with E-state index in [1.165, 1.54) is 0 Å². The number of carbonyl (C=O) groups excluding carboxylic acids is 1. The van der Waals surface area contributed by atoms with E-state index in [4.69, 9.17) is 5.73 Å². The Morgan fingerprint density at radius 1 is 1.67 bits per heavy atom. The second-order valence-electron chi connectivity index (χ2n) is 4.38. The van der Waals surface area contributed by atoms with Crippen LogP contribution < -0.4 is 11.1 Å². The number of aryl methyl sites for hydroxylation is 1. The minimum atomic E-state index is -0.294. The Hall–Kier alpha value is -1.36. The lowest BCUT2D eigenvalue weighted by molar-refractivity contribution is -0.119. The van der Waals surface area contributed by atoms with Crippen molar-refractivity contribution in [3.05, 3.63) is 18.2 Å². The van der Waals surface area contributed by atoms with E-state index in [0.29, 0.717) is 13.0 Å². The van der Waals surface area contributed by atoms with Crippen molar-refractivity contribution in [2.45, 2.75) is 32.4 Å². The molecule has 1 heterocycles. The molecule has 0 unspecified atom stereocenters. The highest BCUT2D eigenvalue weighted by Gasteiger charge is 2.19. The molecule has 15 heavy (non-hydrogen) atoms. The summed E-state index contributed by atoms with van der Waals surface area (Å²) in [6, 6.07) is 0. The first-order valence-corrected chi connectivity index (χ1v) is 4.89. The van der Waals surface area contributed by atoms with Crippen LogP contribution in [-0.2, 0) is 18.4 Å². The molecule has 0 radical (unpaired) electrons. The Morgan fingerprint density at radius 3 is 2.80 bits per heavy atom. The number of hydrogen-bond acceptors (Lipinski definition) is 3. The zero-order valence-corrected chi connectivity index (χ0v) is 9.45. The maximum atomic E-state index is 10.8. The molecule has 0 saturated carbocycles. The summed E-state index contributed by atoms with van der Waals surface area (Å²) >= 11 is 0. The third kappa shape index (κ3) is 3.71. The number of nitrogens with two attached hydrogens (primary N) is 1. The summed E-state index contributed by atoms with van der Waals surface area (Å²) < 4.78 is 1.94. The minimum Gasteiger partial charge on any atom is -0.370 e. The molecule has 0 aliphatic carbocycles. The number of nitrogens with one attached hydrogen (secondary N) is 1. The van der Waals surface area contributed by atoms with Crippen molar-refractivity contribution in [1.82, 2.24) is 14.9 Å². The number of nitrogens with zero attached hydrogens (tertiary/aromatic N) is 2. The van der Waals surface area contributed by atoms with Gasteiger partial charge in [-0.15, -0.1) is 0 Å². The first-order valence-electron chi connectivity index (χ1n) is 4.89. The highest BCUT2D eigenvalue weighted by molar-refractivity contribution is 5.74. The fraction of sp³-hybridized carbons (Fsp3) is 0.600. The predicted octanol–water partition coefficient (Wildman–Crippen LogP) is 0.164. The summed E-state index contributed by atoms with van der Waals surface area (Å²) in [5.41, 5.74) is 5.96. The Bertz CT molecular complexity index is 343. The van der Waals surface area contributed by atoms with Crippen LogP contribution >= 0.6 is 0 Å². The normalized spacial score (nSPS) is 11.7. The summed E-state index contributed by atoms with van der Waals surface area (Å²) in [6.07, 6.45) is 3.87. The molecule has 1 aromatic rings. The van der Waals surface area contributed by atoms with E-state index in [1.807, 2.05) is 25.5 Å². The van der Waals surface area contributed by atoms with Gasteiger partial charge in [0.05, 0.1) is 12.0 Å². The van der Waals surface area contributed by atoms with Crippen molar-refractivity contribution in [1.29, 1.82) is 0 Å². The number of aromatic nitrogens is 2. The SMILES string of the molecule is Cn1cncc1CNC(C)(C)CC(N)=O. The third-order valence-electron chi connectivity index (χ3n) is 2.28. The Morgan fingerprint density at radius 2 is 2.33 bits per heavy atom. The van der Waals surface area contributed by atoms with Crippen molar-refractivity contribution in [3.63, 3.8) is 0 Å². The molecule has 0 aliphatic heterocycles. The van der Waals surface area contributed by atoms with Crippen molar-refractivity contribution in [2.24, 2.45) is 12.8 Å². The van der Waals surface area contributed by atoms with Gasteiger partial charge in [-0.05, 0) is 13.8 Å². The Labute approximate surface area is 89.7 Å². The lowest BCUT2D eigenvalue weighted by atomic mass is 10.0. The van der Waals surface area contributed by atoms with Gasteiger partial charge >= 0.3 is 0 Å². The zero-order chi connectivity index (χ0) is 11.5. The number of primary amides is 1. The lowest BCUT2D eigenvalue weighted by Crippen LogP contribution is -2.42.